The maximum absolute atomic E-state index is 12.1. The minimum absolute atomic E-state index is 0.125. The molecule has 1 N–H and O–H groups in total. The SMILES string of the molecule is O=C(Cc1c[nH]c2ccccc12)Oc1cccc(CO[N+](=O)[O-])c1. The van der Waals surface area contributed by atoms with Gasteiger partial charge in [0.1, 0.15) is 12.4 Å². The van der Waals surface area contributed by atoms with Crippen LogP contribution in [0.5, 0.6) is 5.75 Å². The molecule has 1 heterocycles. The Morgan fingerprint density at radius 1 is 1.17 bits per heavy atom. The Kier molecular flexibility index (Phi) is 4.42. The zero-order chi connectivity index (χ0) is 16.9. The number of nitrogens with one attached hydrogen (secondary N) is 1. The lowest BCUT2D eigenvalue weighted by molar-refractivity contribution is -0.763. The quantitative estimate of drug-likeness (QED) is 0.325. The first-order chi connectivity index (χ1) is 11.6. The van der Waals surface area contributed by atoms with Gasteiger partial charge in [0.25, 0.3) is 5.09 Å². The summed E-state index contributed by atoms with van der Waals surface area (Å²) in [5.41, 5.74) is 2.35. The number of hydrogen-bond donors (Lipinski definition) is 1. The molecule has 1 aromatic heterocycles. The van der Waals surface area contributed by atoms with Crippen LogP contribution in [-0.4, -0.2) is 16.0 Å². The van der Waals surface area contributed by atoms with E-state index in [1.165, 1.54) is 6.07 Å². The van der Waals surface area contributed by atoms with Crippen LogP contribution < -0.4 is 4.74 Å². The standard InChI is InChI=1S/C17H14N2O5/c20-17(9-13-10-18-16-7-2-1-6-15(13)16)24-14-5-3-4-12(8-14)11-23-19(21)22/h1-8,10,18H,9,11H2. The second-order valence-corrected chi connectivity index (χ2v) is 5.15. The smallest absolute Gasteiger partial charge is 0.315 e. The number of rotatable bonds is 6. The van der Waals surface area contributed by atoms with E-state index in [-0.39, 0.29) is 13.0 Å². The van der Waals surface area contributed by atoms with Crippen LogP contribution in [0.4, 0.5) is 0 Å². The minimum Gasteiger partial charge on any atom is -0.426 e. The molecular formula is C17H14N2O5. The predicted octanol–water partition coefficient (Wildman–Crippen LogP) is 3.02. The summed E-state index contributed by atoms with van der Waals surface area (Å²) in [5.74, 6) is -0.0867. The average Bonchev–Trinajstić information content (AvgIpc) is 2.96. The summed E-state index contributed by atoms with van der Waals surface area (Å²) >= 11 is 0. The summed E-state index contributed by atoms with van der Waals surface area (Å²) in [6, 6.07) is 14.1. The van der Waals surface area contributed by atoms with Crippen molar-refractivity contribution in [1.82, 2.24) is 4.98 Å². The molecular weight excluding hydrogens is 312 g/mol. The number of nitrogens with zero attached hydrogens (tertiary/aromatic N) is 1. The van der Waals surface area contributed by atoms with Crippen LogP contribution in [0.3, 0.4) is 0 Å². The number of hydrogen-bond acceptors (Lipinski definition) is 5. The number of carbonyl (C=O) groups is 1. The molecule has 0 radical (unpaired) electrons. The van der Waals surface area contributed by atoms with Gasteiger partial charge in [-0.25, -0.2) is 0 Å². The van der Waals surface area contributed by atoms with Gasteiger partial charge in [0, 0.05) is 17.1 Å². The van der Waals surface area contributed by atoms with Gasteiger partial charge in [-0.3, -0.25) is 4.79 Å². The Morgan fingerprint density at radius 3 is 2.83 bits per heavy atom. The number of fused-ring (bicyclic) bond motifs is 1. The van der Waals surface area contributed by atoms with Crippen molar-refractivity contribution in [3.8, 4) is 5.75 Å². The minimum atomic E-state index is -0.865. The van der Waals surface area contributed by atoms with Crippen LogP contribution in [0.2, 0.25) is 0 Å². The third-order valence-electron chi connectivity index (χ3n) is 3.48. The van der Waals surface area contributed by atoms with Gasteiger partial charge in [0.2, 0.25) is 0 Å². The predicted molar refractivity (Wildman–Crippen MR) is 85.9 cm³/mol. The van der Waals surface area contributed by atoms with Gasteiger partial charge in [0.05, 0.1) is 6.42 Å². The second-order valence-electron chi connectivity index (χ2n) is 5.15. The third kappa shape index (κ3) is 3.70. The first-order valence-corrected chi connectivity index (χ1v) is 7.24. The topological polar surface area (TPSA) is 94.5 Å². The highest BCUT2D eigenvalue weighted by atomic mass is 16.9. The molecule has 0 atom stereocenters. The van der Waals surface area contributed by atoms with E-state index in [1.807, 2.05) is 24.3 Å². The van der Waals surface area contributed by atoms with Crippen molar-refractivity contribution in [1.29, 1.82) is 0 Å². The number of aromatic nitrogens is 1. The van der Waals surface area contributed by atoms with Gasteiger partial charge in [-0.15, -0.1) is 10.1 Å². The summed E-state index contributed by atoms with van der Waals surface area (Å²) in [6.07, 6.45) is 1.91. The van der Waals surface area contributed by atoms with Gasteiger partial charge in [-0.1, -0.05) is 30.3 Å². The molecule has 0 spiro atoms. The molecule has 3 rings (SSSR count). The number of para-hydroxylation sites is 1. The number of aromatic amines is 1. The number of ether oxygens (including phenoxy) is 1. The summed E-state index contributed by atoms with van der Waals surface area (Å²) in [6.45, 7) is -0.194. The van der Waals surface area contributed by atoms with E-state index >= 15 is 0 Å². The van der Waals surface area contributed by atoms with Crippen LogP contribution in [-0.2, 0) is 22.7 Å². The van der Waals surface area contributed by atoms with E-state index < -0.39 is 11.1 Å². The molecule has 3 aromatic rings. The Bertz CT molecular complexity index is 887. The molecule has 0 bridgehead atoms. The maximum atomic E-state index is 12.1. The molecule has 0 unspecified atom stereocenters. The molecule has 0 saturated carbocycles. The molecule has 0 aliphatic rings. The second kappa shape index (κ2) is 6.82. The molecule has 0 amide bonds. The van der Waals surface area contributed by atoms with Crippen LogP contribution in [0.15, 0.2) is 54.7 Å². The molecule has 24 heavy (non-hydrogen) atoms. The summed E-state index contributed by atoms with van der Waals surface area (Å²) < 4.78 is 5.31. The van der Waals surface area contributed by atoms with Crippen LogP contribution in [0, 0.1) is 10.1 Å². The van der Waals surface area contributed by atoms with Crippen molar-refractivity contribution in [3.05, 3.63) is 76.0 Å². The zero-order valence-electron chi connectivity index (χ0n) is 12.6. The average molecular weight is 326 g/mol. The molecule has 0 aliphatic carbocycles. The monoisotopic (exact) mass is 326 g/mol. The normalized spacial score (nSPS) is 10.5. The highest BCUT2D eigenvalue weighted by Gasteiger charge is 2.11. The molecule has 0 aliphatic heterocycles. The van der Waals surface area contributed by atoms with E-state index in [9.17, 15) is 14.9 Å². The number of esters is 1. The number of carbonyl (C=O) groups excluding carboxylic acids is 1. The van der Waals surface area contributed by atoms with Gasteiger partial charge >= 0.3 is 5.97 Å². The molecule has 0 fully saturated rings. The summed E-state index contributed by atoms with van der Waals surface area (Å²) in [5, 5.41) is 10.3. The number of H-pyrrole nitrogens is 1. The fourth-order valence-corrected chi connectivity index (χ4v) is 2.43. The summed E-state index contributed by atoms with van der Waals surface area (Å²) in [7, 11) is 0. The fraction of sp³-hybridized carbons (Fsp3) is 0.118. The van der Waals surface area contributed by atoms with Crippen molar-refractivity contribution in [3.63, 3.8) is 0 Å². The van der Waals surface area contributed by atoms with Gasteiger partial charge in [-0.05, 0) is 29.3 Å². The molecule has 122 valence electrons. The van der Waals surface area contributed by atoms with Crippen molar-refractivity contribution in [2.75, 3.05) is 0 Å². The lowest BCUT2D eigenvalue weighted by Gasteiger charge is -2.06. The molecule has 7 heteroatoms. The van der Waals surface area contributed by atoms with Crippen molar-refractivity contribution in [2.45, 2.75) is 13.0 Å². The Morgan fingerprint density at radius 2 is 2.00 bits per heavy atom. The first kappa shape index (κ1) is 15.5. The molecule has 7 nitrogen and oxygen atoms in total. The van der Waals surface area contributed by atoms with Gasteiger partial charge < -0.3 is 14.6 Å². The Balaban J connectivity index is 1.66. The maximum Gasteiger partial charge on any atom is 0.315 e. The van der Waals surface area contributed by atoms with E-state index in [2.05, 4.69) is 9.82 Å². The van der Waals surface area contributed by atoms with Crippen molar-refractivity contribution in [2.24, 2.45) is 0 Å². The molecule has 2 aromatic carbocycles. The summed E-state index contributed by atoms with van der Waals surface area (Å²) in [4.78, 5) is 29.7. The Hall–Kier alpha value is -3.35. The molecule has 0 saturated heterocycles. The largest absolute Gasteiger partial charge is 0.426 e. The van der Waals surface area contributed by atoms with Gasteiger partial charge in [0.15, 0.2) is 0 Å². The first-order valence-electron chi connectivity index (χ1n) is 7.24. The lowest BCUT2D eigenvalue weighted by Crippen LogP contribution is -2.11. The Labute approximate surface area is 136 Å². The van der Waals surface area contributed by atoms with E-state index in [1.54, 1.807) is 24.4 Å². The number of benzene rings is 2. The van der Waals surface area contributed by atoms with E-state index in [4.69, 9.17) is 4.74 Å². The van der Waals surface area contributed by atoms with Crippen molar-refractivity contribution < 1.29 is 19.5 Å². The van der Waals surface area contributed by atoms with Gasteiger partial charge in [-0.2, -0.15) is 0 Å². The third-order valence-corrected chi connectivity index (χ3v) is 3.48. The fourth-order valence-electron chi connectivity index (χ4n) is 2.43. The zero-order valence-corrected chi connectivity index (χ0v) is 12.6. The van der Waals surface area contributed by atoms with Crippen LogP contribution in [0.1, 0.15) is 11.1 Å². The van der Waals surface area contributed by atoms with Crippen LogP contribution in [0.25, 0.3) is 10.9 Å². The highest BCUT2D eigenvalue weighted by molar-refractivity contribution is 5.87. The van der Waals surface area contributed by atoms with Crippen molar-refractivity contribution >= 4 is 16.9 Å². The van der Waals surface area contributed by atoms with Crippen LogP contribution >= 0.6 is 0 Å². The highest BCUT2D eigenvalue weighted by Crippen LogP contribution is 2.20. The lowest BCUT2D eigenvalue weighted by atomic mass is 10.1. The van der Waals surface area contributed by atoms with E-state index in [0.29, 0.717) is 11.3 Å². The van der Waals surface area contributed by atoms with E-state index in [0.717, 1.165) is 16.5 Å².